The van der Waals surface area contributed by atoms with Gasteiger partial charge in [0.25, 0.3) is 0 Å². The van der Waals surface area contributed by atoms with Gasteiger partial charge in [0.15, 0.2) is 11.6 Å². The van der Waals surface area contributed by atoms with Crippen LogP contribution in [0.5, 0.6) is 0 Å². The number of nitriles is 1. The van der Waals surface area contributed by atoms with Gasteiger partial charge in [-0.1, -0.05) is 12.1 Å². The Hall–Kier alpha value is -3.24. The Bertz CT molecular complexity index is 1100. The molecule has 2 heterocycles. The van der Waals surface area contributed by atoms with Gasteiger partial charge >= 0.3 is 0 Å². The fourth-order valence-electron chi connectivity index (χ4n) is 3.82. The van der Waals surface area contributed by atoms with Crippen molar-refractivity contribution >= 4 is 22.7 Å². The minimum Gasteiger partial charge on any atom is -0.364 e. The fraction of sp³-hybridized carbons (Fsp3) is 0.348. The molecule has 6 nitrogen and oxygen atoms in total. The van der Waals surface area contributed by atoms with Gasteiger partial charge in [-0.05, 0) is 48.7 Å². The number of benzene rings is 2. The van der Waals surface area contributed by atoms with Crippen LogP contribution in [0.1, 0.15) is 24.0 Å². The monoisotopic (exact) mass is 402 g/mol. The number of aromatic nitrogens is 2. The highest BCUT2D eigenvalue weighted by Crippen LogP contribution is 2.31. The Morgan fingerprint density at radius 1 is 1.00 bits per heavy atom. The van der Waals surface area contributed by atoms with Crippen molar-refractivity contribution in [1.29, 1.82) is 5.26 Å². The van der Waals surface area contributed by atoms with Crippen molar-refractivity contribution in [2.45, 2.75) is 25.4 Å². The summed E-state index contributed by atoms with van der Waals surface area (Å²) >= 11 is 0. The molecule has 0 unspecified atom stereocenters. The highest BCUT2D eigenvalue weighted by Gasteiger charge is 2.27. The van der Waals surface area contributed by atoms with Gasteiger partial charge in [-0.3, -0.25) is 4.90 Å². The predicted octanol–water partition coefficient (Wildman–Crippen LogP) is 3.54. The lowest BCUT2D eigenvalue weighted by molar-refractivity contribution is 0.249. The minimum absolute atomic E-state index is 0.200. The summed E-state index contributed by atoms with van der Waals surface area (Å²) in [6.45, 7) is 4.31. The second kappa shape index (κ2) is 7.88. The predicted molar refractivity (Wildman–Crippen MR) is 115 cm³/mol. The summed E-state index contributed by atoms with van der Waals surface area (Å²) in [5, 5.41) is 12.7. The molecule has 2 aliphatic rings. The van der Waals surface area contributed by atoms with Gasteiger partial charge in [-0.2, -0.15) is 5.26 Å². The number of piperazine rings is 1. The molecule has 1 aliphatic carbocycles. The standard InChI is InChI=1S/C23H23FN6/c24-18-4-1-16(2-5-18)15-29-9-11-30(12-10-29)23-22(26-19-6-7-19)27-20-8-3-17(14-25)13-21(20)28-23/h1-5,8,13,19H,6-7,9-12,15H2,(H,26,27). The number of halogens is 1. The minimum atomic E-state index is -0.200. The van der Waals surface area contributed by atoms with Crippen LogP contribution in [0.25, 0.3) is 11.0 Å². The summed E-state index contributed by atoms with van der Waals surface area (Å²) in [4.78, 5) is 14.4. The Kier molecular flexibility index (Phi) is 4.93. The third-order valence-electron chi connectivity index (χ3n) is 5.68. The van der Waals surface area contributed by atoms with Crippen molar-refractivity contribution in [2.75, 3.05) is 36.4 Å². The molecule has 152 valence electrons. The summed E-state index contributed by atoms with van der Waals surface area (Å²) in [7, 11) is 0. The molecular formula is C23H23FN6. The van der Waals surface area contributed by atoms with Gasteiger partial charge in [0.05, 0.1) is 22.7 Å². The molecule has 5 rings (SSSR count). The number of fused-ring (bicyclic) bond motifs is 1. The van der Waals surface area contributed by atoms with E-state index in [0.29, 0.717) is 11.6 Å². The Morgan fingerprint density at radius 3 is 2.47 bits per heavy atom. The average molecular weight is 402 g/mol. The molecule has 30 heavy (non-hydrogen) atoms. The van der Waals surface area contributed by atoms with Crippen LogP contribution in [0.3, 0.4) is 0 Å². The van der Waals surface area contributed by atoms with Gasteiger partial charge in [-0.15, -0.1) is 0 Å². The largest absolute Gasteiger partial charge is 0.364 e. The molecule has 0 atom stereocenters. The SMILES string of the molecule is N#Cc1ccc2nc(NC3CC3)c(N3CCN(Cc4ccc(F)cc4)CC3)nc2c1. The van der Waals surface area contributed by atoms with E-state index >= 15 is 0 Å². The highest BCUT2D eigenvalue weighted by molar-refractivity contribution is 5.82. The fourth-order valence-corrected chi connectivity index (χ4v) is 3.82. The van der Waals surface area contributed by atoms with Crippen LogP contribution in [-0.2, 0) is 6.54 Å². The topological polar surface area (TPSA) is 68.1 Å². The molecule has 0 amide bonds. The molecule has 0 spiro atoms. The first-order valence-corrected chi connectivity index (χ1v) is 10.4. The highest BCUT2D eigenvalue weighted by atomic mass is 19.1. The van der Waals surface area contributed by atoms with Gasteiger partial charge in [0.1, 0.15) is 5.82 Å². The van der Waals surface area contributed by atoms with E-state index in [-0.39, 0.29) is 5.82 Å². The molecule has 0 radical (unpaired) electrons. The number of hydrogen-bond donors (Lipinski definition) is 1. The van der Waals surface area contributed by atoms with E-state index in [4.69, 9.17) is 9.97 Å². The normalized spacial score (nSPS) is 17.1. The zero-order valence-electron chi connectivity index (χ0n) is 16.7. The van der Waals surface area contributed by atoms with E-state index in [0.717, 1.165) is 73.8 Å². The van der Waals surface area contributed by atoms with Crippen LogP contribution in [0.4, 0.5) is 16.0 Å². The Balaban J connectivity index is 1.35. The molecule has 1 N–H and O–H groups in total. The van der Waals surface area contributed by atoms with Crippen molar-refractivity contribution in [1.82, 2.24) is 14.9 Å². The van der Waals surface area contributed by atoms with Crippen molar-refractivity contribution < 1.29 is 4.39 Å². The van der Waals surface area contributed by atoms with Crippen molar-refractivity contribution in [2.24, 2.45) is 0 Å². The maximum absolute atomic E-state index is 13.1. The molecule has 2 aromatic carbocycles. The lowest BCUT2D eigenvalue weighted by atomic mass is 10.2. The van der Waals surface area contributed by atoms with E-state index in [2.05, 4.69) is 21.2 Å². The first kappa shape index (κ1) is 18.8. The van der Waals surface area contributed by atoms with E-state index < -0.39 is 0 Å². The van der Waals surface area contributed by atoms with E-state index in [9.17, 15) is 9.65 Å². The van der Waals surface area contributed by atoms with E-state index in [1.807, 2.05) is 18.2 Å². The lowest BCUT2D eigenvalue weighted by Gasteiger charge is -2.36. The smallest absolute Gasteiger partial charge is 0.172 e. The van der Waals surface area contributed by atoms with Gasteiger partial charge < -0.3 is 10.2 Å². The Labute approximate surface area is 175 Å². The summed E-state index contributed by atoms with van der Waals surface area (Å²) in [6, 6.07) is 14.8. The molecule has 1 saturated heterocycles. The van der Waals surface area contributed by atoms with Gasteiger partial charge in [0, 0.05) is 38.8 Å². The summed E-state index contributed by atoms with van der Waals surface area (Å²) in [6.07, 6.45) is 2.33. The Morgan fingerprint density at radius 2 is 1.77 bits per heavy atom. The zero-order valence-corrected chi connectivity index (χ0v) is 16.7. The molecule has 3 aromatic rings. The van der Waals surface area contributed by atoms with Gasteiger partial charge in [0.2, 0.25) is 0 Å². The van der Waals surface area contributed by atoms with E-state index in [1.54, 1.807) is 12.1 Å². The number of rotatable bonds is 5. The molecule has 7 heteroatoms. The second-order valence-corrected chi connectivity index (χ2v) is 8.02. The molecule has 1 aliphatic heterocycles. The number of nitrogens with zero attached hydrogens (tertiary/aromatic N) is 5. The number of anilines is 2. The van der Waals surface area contributed by atoms with Crippen LogP contribution < -0.4 is 10.2 Å². The number of hydrogen-bond acceptors (Lipinski definition) is 6. The molecule has 0 bridgehead atoms. The molecule has 1 saturated carbocycles. The van der Waals surface area contributed by atoms with Crippen molar-refractivity contribution in [3.05, 3.63) is 59.4 Å². The zero-order chi connectivity index (χ0) is 20.5. The van der Waals surface area contributed by atoms with E-state index in [1.165, 1.54) is 12.1 Å². The third kappa shape index (κ3) is 4.05. The maximum Gasteiger partial charge on any atom is 0.172 e. The van der Waals surface area contributed by atoms with Crippen molar-refractivity contribution in [3.63, 3.8) is 0 Å². The van der Waals surface area contributed by atoms with Crippen LogP contribution in [-0.4, -0.2) is 47.1 Å². The second-order valence-electron chi connectivity index (χ2n) is 8.02. The summed E-state index contributed by atoms with van der Waals surface area (Å²) < 4.78 is 13.1. The van der Waals surface area contributed by atoms with Crippen LogP contribution in [0, 0.1) is 17.1 Å². The number of nitrogens with one attached hydrogen (secondary N) is 1. The summed E-state index contributed by atoms with van der Waals surface area (Å²) in [5.41, 5.74) is 3.26. The molecule has 2 fully saturated rings. The van der Waals surface area contributed by atoms with Crippen LogP contribution in [0.15, 0.2) is 42.5 Å². The first-order chi connectivity index (χ1) is 14.7. The maximum atomic E-state index is 13.1. The summed E-state index contributed by atoms with van der Waals surface area (Å²) in [5.74, 6) is 1.50. The lowest BCUT2D eigenvalue weighted by Crippen LogP contribution is -2.46. The quantitative estimate of drug-likeness (QED) is 0.704. The van der Waals surface area contributed by atoms with Crippen LogP contribution >= 0.6 is 0 Å². The third-order valence-corrected chi connectivity index (χ3v) is 5.68. The molecule has 1 aromatic heterocycles. The van der Waals surface area contributed by atoms with Crippen LogP contribution in [0.2, 0.25) is 0 Å². The first-order valence-electron chi connectivity index (χ1n) is 10.4. The molecular weight excluding hydrogens is 379 g/mol. The van der Waals surface area contributed by atoms with Gasteiger partial charge in [-0.25, -0.2) is 14.4 Å². The van der Waals surface area contributed by atoms with Crippen molar-refractivity contribution in [3.8, 4) is 6.07 Å². The average Bonchev–Trinajstić information content (AvgIpc) is 3.59.